The maximum Gasteiger partial charge on any atom is 0.490 e. The van der Waals surface area contributed by atoms with E-state index in [2.05, 4.69) is 37.3 Å². The summed E-state index contributed by atoms with van der Waals surface area (Å²) in [6.07, 6.45) is 3.91. The van der Waals surface area contributed by atoms with Crippen molar-refractivity contribution in [3.63, 3.8) is 0 Å². The van der Waals surface area contributed by atoms with Crippen molar-refractivity contribution in [2.45, 2.75) is 18.6 Å². The van der Waals surface area contributed by atoms with Crippen LogP contribution in [0, 0.1) is 11.8 Å². The Bertz CT molecular complexity index is 1540. The monoisotopic (exact) mass is 521 g/mol. The molecule has 2 N–H and O–H groups in total. The zero-order valence-electron chi connectivity index (χ0n) is 19.4. The van der Waals surface area contributed by atoms with E-state index in [9.17, 15) is 18.0 Å². The molecule has 192 valence electrons. The third-order valence-corrected chi connectivity index (χ3v) is 5.07. The molecule has 1 aliphatic rings. The number of hydrazone groups is 1. The smallest absolute Gasteiger partial charge is 0.475 e. The molecule has 0 saturated carbocycles. The van der Waals surface area contributed by atoms with Crippen molar-refractivity contribution in [1.82, 2.24) is 24.6 Å². The van der Waals surface area contributed by atoms with Crippen LogP contribution in [-0.4, -0.2) is 54.1 Å². The van der Waals surface area contributed by atoms with Crippen molar-refractivity contribution in [2.24, 2.45) is 5.10 Å². The number of fused-ring (bicyclic) bond motifs is 1. The van der Waals surface area contributed by atoms with Gasteiger partial charge in [0.2, 0.25) is 0 Å². The van der Waals surface area contributed by atoms with Crippen molar-refractivity contribution in [1.29, 1.82) is 0 Å². The van der Waals surface area contributed by atoms with Crippen LogP contribution in [-0.2, 0) is 4.79 Å². The van der Waals surface area contributed by atoms with Gasteiger partial charge < -0.3 is 10.4 Å². The summed E-state index contributed by atoms with van der Waals surface area (Å²) in [5, 5.41) is 19.9. The van der Waals surface area contributed by atoms with E-state index in [1.165, 1.54) is 5.01 Å². The molecule has 0 saturated heterocycles. The van der Waals surface area contributed by atoms with Gasteiger partial charge in [0.05, 0.1) is 24.1 Å². The van der Waals surface area contributed by atoms with Crippen LogP contribution < -0.4 is 5.32 Å². The maximum absolute atomic E-state index is 12.8. The number of alkyl halides is 3. The van der Waals surface area contributed by atoms with Gasteiger partial charge in [0.25, 0.3) is 0 Å². The number of pyridine rings is 1. The minimum absolute atomic E-state index is 0.125. The Morgan fingerprint density at radius 3 is 2.55 bits per heavy atom. The van der Waals surface area contributed by atoms with Crippen molar-refractivity contribution in [2.75, 3.05) is 5.32 Å². The molecule has 0 bridgehead atoms. The quantitative estimate of drug-likeness (QED) is 0.383. The van der Waals surface area contributed by atoms with Gasteiger partial charge in [0.1, 0.15) is 5.69 Å². The van der Waals surface area contributed by atoms with E-state index in [1.807, 2.05) is 42.5 Å². The van der Waals surface area contributed by atoms with Crippen LogP contribution in [0.5, 0.6) is 0 Å². The second-order valence-corrected chi connectivity index (χ2v) is 7.69. The summed E-state index contributed by atoms with van der Waals surface area (Å²) in [5.74, 6) is 3.34. The molecule has 1 aliphatic heterocycles. The van der Waals surface area contributed by atoms with Gasteiger partial charge in [-0.1, -0.05) is 36.3 Å². The first-order valence-electron chi connectivity index (χ1n) is 11.0. The van der Waals surface area contributed by atoms with Crippen LogP contribution in [0.3, 0.4) is 0 Å². The molecular weight excluding hydrogens is 503 g/mol. The predicted octanol–water partition coefficient (Wildman–Crippen LogP) is 4.12. The molecule has 0 aliphatic carbocycles. The average molecular weight is 521 g/mol. The first-order valence-corrected chi connectivity index (χ1v) is 11.0. The number of nitrogens with zero attached hydrogens (tertiary/aromatic N) is 6. The molecule has 4 aromatic rings. The molecule has 13 heteroatoms. The summed E-state index contributed by atoms with van der Waals surface area (Å²) < 4.78 is 33.4. The van der Waals surface area contributed by atoms with Gasteiger partial charge in [-0.15, -0.1) is 0 Å². The topological polar surface area (TPSA) is 125 Å². The van der Waals surface area contributed by atoms with E-state index in [0.717, 1.165) is 11.2 Å². The first kappa shape index (κ1) is 25.8. The van der Waals surface area contributed by atoms with Gasteiger partial charge in [0, 0.05) is 30.6 Å². The van der Waals surface area contributed by atoms with E-state index in [4.69, 9.17) is 9.90 Å². The molecule has 4 heterocycles. The summed E-state index contributed by atoms with van der Waals surface area (Å²) >= 11 is 0. The predicted molar refractivity (Wildman–Crippen MR) is 130 cm³/mol. The molecule has 10 nitrogen and oxygen atoms in total. The van der Waals surface area contributed by atoms with Gasteiger partial charge in [-0.3, -0.25) is 4.98 Å². The number of benzene rings is 1. The number of aromatic nitrogens is 4. The molecule has 5 rings (SSSR count). The fraction of sp³-hybridized carbons (Fsp3) is 0.120. The number of urea groups is 1. The lowest BCUT2D eigenvalue weighted by Gasteiger charge is -2.22. The van der Waals surface area contributed by atoms with Crippen LogP contribution in [0.2, 0.25) is 0 Å². The standard InChI is InChI=1S/C23H17N7O.C2HF3O2/c31-23(30-21(10-12-27-30)18-5-2-1-3-6-18)28-19-13-17(14-24-15-19)8-9-20-16-25-22-7-4-11-26-29(20)22;3-2(4,5)1(6)7/h1-7,11-16,21H,10H2,(H,28,31);(H,6,7). The van der Waals surface area contributed by atoms with Crippen molar-refractivity contribution in [3.05, 3.63) is 90.1 Å². The Hall–Kier alpha value is -5.25. The van der Waals surface area contributed by atoms with Crippen LogP contribution in [0.25, 0.3) is 5.65 Å². The number of carboxylic acid groups (broad SMARTS) is 1. The number of imidazole rings is 1. The van der Waals surface area contributed by atoms with Gasteiger partial charge in [-0.2, -0.15) is 23.4 Å². The zero-order valence-corrected chi connectivity index (χ0v) is 19.4. The van der Waals surface area contributed by atoms with Gasteiger partial charge >= 0.3 is 18.2 Å². The highest BCUT2D eigenvalue weighted by atomic mass is 19.4. The van der Waals surface area contributed by atoms with Crippen molar-refractivity contribution < 1.29 is 27.9 Å². The number of anilines is 1. The normalized spacial score (nSPS) is 14.3. The highest BCUT2D eigenvalue weighted by Gasteiger charge is 2.38. The number of aliphatic carboxylic acids is 1. The van der Waals surface area contributed by atoms with E-state index in [1.54, 1.807) is 41.6 Å². The number of rotatable bonds is 2. The Labute approximate surface area is 213 Å². The second-order valence-electron chi connectivity index (χ2n) is 7.69. The number of amides is 2. The van der Waals surface area contributed by atoms with Crippen LogP contribution in [0.4, 0.5) is 23.7 Å². The molecule has 0 radical (unpaired) electrons. The third kappa shape index (κ3) is 6.30. The summed E-state index contributed by atoms with van der Waals surface area (Å²) in [4.78, 5) is 30.2. The molecule has 1 atom stereocenters. The number of hydrogen-bond acceptors (Lipinski definition) is 6. The second kappa shape index (κ2) is 11.2. The van der Waals surface area contributed by atoms with E-state index >= 15 is 0 Å². The van der Waals surface area contributed by atoms with Gasteiger partial charge in [-0.25, -0.2) is 24.1 Å². The lowest BCUT2D eigenvalue weighted by atomic mass is 10.1. The average Bonchev–Trinajstić information content (AvgIpc) is 3.56. The number of halogens is 3. The van der Waals surface area contributed by atoms with Crippen molar-refractivity contribution in [3.8, 4) is 11.8 Å². The molecule has 38 heavy (non-hydrogen) atoms. The van der Waals surface area contributed by atoms with E-state index < -0.39 is 12.1 Å². The highest BCUT2D eigenvalue weighted by molar-refractivity contribution is 5.90. The summed E-state index contributed by atoms with van der Waals surface area (Å²) in [6.45, 7) is 0. The molecule has 1 aromatic carbocycles. The molecular formula is C25H18F3N7O3. The highest BCUT2D eigenvalue weighted by Crippen LogP contribution is 2.28. The fourth-order valence-electron chi connectivity index (χ4n) is 3.37. The number of carbonyl (C=O) groups excluding carboxylic acids is 1. The SMILES string of the molecule is O=C(Nc1cncc(C#Cc2cnc3cccnn23)c1)N1N=CCC1c1ccccc1.O=C(O)C(F)(F)F. The van der Waals surface area contributed by atoms with Crippen LogP contribution >= 0.6 is 0 Å². The fourth-order valence-corrected chi connectivity index (χ4v) is 3.37. The first-order chi connectivity index (χ1) is 18.2. The summed E-state index contributed by atoms with van der Waals surface area (Å²) in [7, 11) is 0. The Balaban J connectivity index is 0.000000426. The van der Waals surface area contributed by atoms with Gasteiger partial charge in [0.15, 0.2) is 5.65 Å². The summed E-state index contributed by atoms with van der Waals surface area (Å²) in [6, 6.07) is 14.8. The Morgan fingerprint density at radius 2 is 1.82 bits per heavy atom. The molecule has 1 unspecified atom stereocenters. The molecule has 0 fully saturated rings. The third-order valence-electron chi connectivity index (χ3n) is 5.07. The van der Waals surface area contributed by atoms with E-state index in [0.29, 0.717) is 23.4 Å². The Kier molecular flexibility index (Phi) is 7.62. The number of hydrogen-bond donors (Lipinski definition) is 2. The van der Waals surface area contributed by atoms with Gasteiger partial charge in [-0.05, 0) is 29.7 Å². The number of carbonyl (C=O) groups is 2. The maximum atomic E-state index is 12.8. The van der Waals surface area contributed by atoms with Crippen molar-refractivity contribution >= 4 is 29.5 Å². The Morgan fingerprint density at radius 1 is 1.05 bits per heavy atom. The summed E-state index contributed by atoms with van der Waals surface area (Å²) in [5.41, 5.74) is 3.64. The van der Waals surface area contributed by atoms with E-state index in [-0.39, 0.29) is 12.1 Å². The minimum Gasteiger partial charge on any atom is -0.475 e. The number of carboxylic acids is 1. The molecule has 3 aromatic heterocycles. The largest absolute Gasteiger partial charge is 0.490 e. The number of nitrogens with one attached hydrogen (secondary N) is 1. The minimum atomic E-state index is -5.08. The van der Waals surface area contributed by atoms with Crippen LogP contribution in [0.15, 0.2) is 78.4 Å². The van der Waals surface area contributed by atoms with Crippen LogP contribution in [0.1, 0.15) is 29.3 Å². The lowest BCUT2D eigenvalue weighted by Crippen LogP contribution is -2.31. The lowest BCUT2D eigenvalue weighted by molar-refractivity contribution is -0.192. The molecule has 0 spiro atoms. The zero-order chi connectivity index (χ0) is 27.1. The molecule has 2 amide bonds.